The summed E-state index contributed by atoms with van der Waals surface area (Å²) in [5, 5.41) is 10.7. The van der Waals surface area contributed by atoms with Gasteiger partial charge in [-0.05, 0) is 47.8 Å². The SMILES string of the molecule is O=C(Nc1ccc2[nH]ccc2c1)c1cn(-c2ccccc2)nc1-c1cccs1. The monoisotopic (exact) mass is 384 g/mol. The van der Waals surface area contributed by atoms with E-state index < -0.39 is 0 Å². The van der Waals surface area contributed by atoms with Crippen LogP contribution in [0.1, 0.15) is 10.4 Å². The fourth-order valence-corrected chi connectivity index (χ4v) is 3.90. The third kappa shape index (κ3) is 3.00. The first-order chi connectivity index (χ1) is 13.8. The number of carbonyl (C=O) groups is 1. The molecule has 5 aromatic rings. The maximum atomic E-state index is 13.1. The lowest BCUT2D eigenvalue weighted by Crippen LogP contribution is -2.12. The standard InChI is InChI=1S/C22H16N4OS/c27-22(24-16-8-9-19-15(13-16)10-11-23-19)18-14-26(17-5-2-1-3-6-17)25-21(18)20-7-4-12-28-20/h1-14,23H,(H,24,27). The normalized spacial score (nSPS) is 11.0. The molecule has 0 radical (unpaired) electrons. The van der Waals surface area contributed by atoms with Gasteiger partial charge in [-0.25, -0.2) is 4.68 Å². The molecular weight excluding hydrogens is 368 g/mol. The van der Waals surface area contributed by atoms with E-state index in [1.165, 1.54) is 0 Å². The number of aromatic amines is 1. The molecule has 28 heavy (non-hydrogen) atoms. The van der Waals surface area contributed by atoms with Crippen molar-refractivity contribution in [1.29, 1.82) is 0 Å². The highest BCUT2D eigenvalue weighted by Crippen LogP contribution is 2.28. The molecule has 0 fully saturated rings. The molecule has 5 rings (SSSR count). The van der Waals surface area contributed by atoms with Gasteiger partial charge in [0.05, 0.1) is 16.1 Å². The van der Waals surface area contributed by atoms with Crippen LogP contribution in [-0.4, -0.2) is 20.7 Å². The predicted molar refractivity (Wildman–Crippen MR) is 113 cm³/mol. The summed E-state index contributed by atoms with van der Waals surface area (Å²) in [5.41, 5.74) is 3.92. The number of carbonyl (C=O) groups excluding carboxylic acids is 1. The second-order valence-corrected chi connectivity index (χ2v) is 7.33. The molecule has 2 N–H and O–H groups in total. The van der Waals surface area contributed by atoms with E-state index in [2.05, 4.69) is 15.4 Å². The first-order valence-electron chi connectivity index (χ1n) is 8.85. The number of hydrogen-bond donors (Lipinski definition) is 2. The molecule has 0 atom stereocenters. The Balaban J connectivity index is 1.53. The van der Waals surface area contributed by atoms with Gasteiger partial charge in [0.2, 0.25) is 0 Å². The highest BCUT2D eigenvalue weighted by Gasteiger charge is 2.19. The van der Waals surface area contributed by atoms with E-state index >= 15 is 0 Å². The second kappa shape index (κ2) is 6.83. The van der Waals surface area contributed by atoms with Crippen LogP contribution in [0.25, 0.3) is 27.2 Å². The fraction of sp³-hybridized carbons (Fsp3) is 0. The third-order valence-corrected chi connectivity index (χ3v) is 5.42. The van der Waals surface area contributed by atoms with Crippen LogP contribution in [-0.2, 0) is 0 Å². The molecule has 2 aromatic carbocycles. The summed E-state index contributed by atoms with van der Waals surface area (Å²) in [4.78, 5) is 17.2. The van der Waals surface area contributed by atoms with Gasteiger partial charge in [-0.3, -0.25) is 4.79 Å². The summed E-state index contributed by atoms with van der Waals surface area (Å²) >= 11 is 1.57. The van der Waals surface area contributed by atoms with Crippen molar-refractivity contribution in [1.82, 2.24) is 14.8 Å². The van der Waals surface area contributed by atoms with Crippen molar-refractivity contribution in [2.24, 2.45) is 0 Å². The Kier molecular flexibility index (Phi) is 4.03. The Morgan fingerprint density at radius 1 is 1.04 bits per heavy atom. The minimum absolute atomic E-state index is 0.180. The first-order valence-corrected chi connectivity index (χ1v) is 9.73. The number of aromatic nitrogens is 3. The Labute approximate surface area is 165 Å². The van der Waals surface area contributed by atoms with E-state index in [0.717, 1.165) is 27.2 Å². The number of anilines is 1. The number of nitrogens with one attached hydrogen (secondary N) is 2. The average molecular weight is 384 g/mol. The van der Waals surface area contributed by atoms with Crippen molar-refractivity contribution in [3.63, 3.8) is 0 Å². The van der Waals surface area contributed by atoms with Crippen LogP contribution in [0.3, 0.4) is 0 Å². The number of hydrogen-bond acceptors (Lipinski definition) is 3. The molecule has 0 spiro atoms. The molecular formula is C22H16N4OS. The average Bonchev–Trinajstić information content (AvgIpc) is 3.47. The van der Waals surface area contributed by atoms with E-state index in [-0.39, 0.29) is 5.91 Å². The summed E-state index contributed by atoms with van der Waals surface area (Å²) in [7, 11) is 0. The Bertz CT molecular complexity index is 1250. The number of thiophene rings is 1. The molecule has 3 aromatic heterocycles. The van der Waals surface area contributed by atoms with Gasteiger partial charge in [0.25, 0.3) is 5.91 Å². The molecule has 0 aliphatic heterocycles. The van der Waals surface area contributed by atoms with E-state index in [4.69, 9.17) is 0 Å². The summed E-state index contributed by atoms with van der Waals surface area (Å²) in [6, 6.07) is 21.5. The number of fused-ring (bicyclic) bond motifs is 1. The van der Waals surface area contributed by atoms with Crippen molar-refractivity contribution in [3.8, 4) is 16.3 Å². The molecule has 1 amide bonds. The van der Waals surface area contributed by atoms with E-state index in [1.54, 1.807) is 22.2 Å². The third-order valence-electron chi connectivity index (χ3n) is 4.55. The van der Waals surface area contributed by atoms with Gasteiger partial charge < -0.3 is 10.3 Å². The van der Waals surface area contributed by atoms with Crippen molar-refractivity contribution in [2.45, 2.75) is 0 Å². The topological polar surface area (TPSA) is 62.7 Å². The lowest BCUT2D eigenvalue weighted by atomic mass is 10.2. The number of para-hydroxylation sites is 1. The number of benzene rings is 2. The molecule has 0 unspecified atom stereocenters. The van der Waals surface area contributed by atoms with Crippen LogP contribution >= 0.6 is 11.3 Å². The van der Waals surface area contributed by atoms with Gasteiger partial charge in [-0.2, -0.15) is 5.10 Å². The Morgan fingerprint density at radius 2 is 1.93 bits per heavy atom. The van der Waals surface area contributed by atoms with Gasteiger partial charge >= 0.3 is 0 Å². The van der Waals surface area contributed by atoms with Gasteiger partial charge in [0.1, 0.15) is 5.69 Å². The second-order valence-electron chi connectivity index (χ2n) is 6.38. The van der Waals surface area contributed by atoms with Crippen molar-refractivity contribution in [3.05, 3.63) is 90.1 Å². The van der Waals surface area contributed by atoms with E-state index in [0.29, 0.717) is 11.3 Å². The highest BCUT2D eigenvalue weighted by molar-refractivity contribution is 7.13. The molecule has 0 saturated carbocycles. The summed E-state index contributed by atoms with van der Waals surface area (Å²) in [6.07, 6.45) is 3.67. The van der Waals surface area contributed by atoms with Crippen LogP contribution in [0.2, 0.25) is 0 Å². The summed E-state index contributed by atoms with van der Waals surface area (Å²) < 4.78 is 1.75. The molecule has 0 aliphatic rings. The predicted octanol–water partition coefficient (Wildman–Crippen LogP) is 5.33. The van der Waals surface area contributed by atoms with Gasteiger partial charge in [0.15, 0.2) is 0 Å². The molecule has 6 heteroatoms. The minimum Gasteiger partial charge on any atom is -0.361 e. The van der Waals surface area contributed by atoms with E-state index in [9.17, 15) is 4.79 Å². The molecule has 3 heterocycles. The number of H-pyrrole nitrogens is 1. The number of nitrogens with zero attached hydrogens (tertiary/aromatic N) is 2. The molecule has 5 nitrogen and oxygen atoms in total. The van der Waals surface area contributed by atoms with E-state index in [1.807, 2.05) is 78.3 Å². The number of amides is 1. The lowest BCUT2D eigenvalue weighted by molar-refractivity contribution is 0.102. The summed E-state index contributed by atoms with van der Waals surface area (Å²) in [6.45, 7) is 0. The lowest BCUT2D eigenvalue weighted by Gasteiger charge is -2.05. The van der Waals surface area contributed by atoms with Crippen molar-refractivity contribution in [2.75, 3.05) is 5.32 Å². The molecule has 0 aliphatic carbocycles. The van der Waals surface area contributed by atoms with Crippen molar-refractivity contribution < 1.29 is 4.79 Å². The zero-order chi connectivity index (χ0) is 18.9. The maximum Gasteiger partial charge on any atom is 0.259 e. The smallest absolute Gasteiger partial charge is 0.259 e. The van der Waals surface area contributed by atoms with Gasteiger partial charge in [-0.15, -0.1) is 11.3 Å². The zero-order valence-corrected chi connectivity index (χ0v) is 15.6. The maximum absolute atomic E-state index is 13.1. The van der Waals surface area contributed by atoms with Gasteiger partial charge in [-0.1, -0.05) is 24.3 Å². The van der Waals surface area contributed by atoms with Crippen LogP contribution < -0.4 is 5.32 Å². The van der Waals surface area contributed by atoms with Crippen LogP contribution in [0.5, 0.6) is 0 Å². The largest absolute Gasteiger partial charge is 0.361 e. The van der Waals surface area contributed by atoms with Crippen LogP contribution in [0, 0.1) is 0 Å². The fourth-order valence-electron chi connectivity index (χ4n) is 3.18. The quantitative estimate of drug-likeness (QED) is 0.440. The first kappa shape index (κ1) is 16.5. The van der Waals surface area contributed by atoms with Gasteiger partial charge in [0, 0.05) is 29.0 Å². The molecule has 0 bridgehead atoms. The highest BCUT2D eigenvalue weighted by atomic mass is 32.1. The van der Waals surface area contributed by atoms with Crippen molar-refractivity contribution >= 4 is 33.8 Å². The summed E-state index contributed by atoms with van der Waals surface area (Å²) in [5.74, 6) is -0.180. The molecule has 136 valence electrons. The minimum atomic E-state index is -0.180. The number of rotatable bonds is 4. The van der Waals surface area contributed by atoms with Crippen LogP contribution in [0.4, 0.5) is 5.69 Å². The zero-order valence-electron chi connectivity index (χ0n) is 14.8. The Hall–Kier alpha value is -3.64. The molecule has 0 saturated heterocycles. The van der Waals surface area contributed by atoms with Crippen LogP contribution in [0.15, 0.2) is 84.5 Å². The Morgan fingerprint density at radius 3 is 2.75 bits per heavy atom.